The Morgan fingerprint density at radius 3 is 2.48 bits per heavy atom. The fourth-order valence-corrected chi connectivity index (χ4v) is 5.79. The van der Waals surface area contributed by atoms with Crippen LogP contribution in [0, 0.1) is 27.7 Å². The molecule has 1 aliphatic rings. The van der Waals surface area contributed by atoms with E-state index in [0.29, 0.717) is 5.82 Å². The summed E-state index contributed by atoms with van der Waals surface area (Å²) >= 11 is 1.64. The number of hydrogen-bond donors (Lipinski definition) is 1. The maximum Gasteiger partial charge on any atom is 0.263 e. The van der Waals surface area contributed by atoms with Crippen molar-refractivity contribution in [2.75, 3.05) is 5.32 Å². The summed E-state index contributed by atoms with van der Waals surface area (Å²) in [6, 6.07) is 3.46. The number of carbonyl (C=O) groups is 1. The second-order valence-corrected chi connectivity index (χ2v) is 9.25. The lowest BCUT2D eigenvalue weighted by molar-refractivity contribution is -0.118. The average Bonchev–Trinajstić information content (AvgIpc) is 3.02. The molecule has 1 aliphatic carbocycles. The van der Waals surface area contributed by atoms with Crippen LogP contribution in [0.15, 0.2) is 16.9 Å². The van der Waals surface area contributed by atoms with Gasteiger partial charge in [0.25, 0.3) is 5.56 Å². The molecule has 0 saturated heterocycles. The Hall–Kier alpha value is -2.47. The molecule has 0 aliphatic heterocycles. The lowest BCUT2D eigenvalue weighted by Gasteiger charge is -2.20. The number of nitrogens with zero attached hydrogens (tertiary/aromatic N) is 2. The predicted octanol–water partition coefficient (Wildman–Crippen LogP) is 4.77. The van der Waals surface area contributed by atoms with Gasteiger partial charge >= 0.3 is 0 Å². The van der Waals surface area contributed by atoms with E-state index in [9.17, 15) is 9.59 Å². The van der Waals surface area contributed by atoms with Crippen molar-refractivity contribution in [3.63, 3.8) is 0 Å². The zero-order valence-corrected chi connectivity index (χ0v) is 18.5. The van der Waals surface area contributed by atoms with Gasteiger partial charge in [0.1, 0.15) is 16.7 Å². The summed E-state index contributed by atoms with van der Waals surface area (Å²) in [6.07, 6.45) is 4.23. The van der Waals surface area contributed by atoms with Crippen molar-refractivity contribution in [2.45, 2.75) is 66.3 Å². The summed E-state index contributed by atoms with van der Waals surface area (Å²) < 4.78 is 1.55. The standard InChI is InChI=1S/C23H27N3O2S/c1-12-10-13(2)20(14(3)11-12)25-21(27)15(4)26-16(5)24-22-19(23(26)28)17-8-6-7-9-18(17)29-22/h10-11,15H,6-9H2,1-5H3,(H,25,27). The van der Waals surface area contributed by atoms with E-state index in [0.717, 1.165) is 57.4 Å². The van der Waals surface area contributed by atoms with Gasteiger partial charge < -0.3 is 5.32 Å². The zero-order chi connectivity index (χ0) is 20.9. The van der Waals surface area contributed by atoms with Crippen molar-refractivity contribution in [3.05, 3.63) is 55.4 Å². The van der Waals surface area contributed by atoms with Crippen molar-refractivity contribution in [1.29, 1.82) is 0 Å². The molecule has 1 atom stereocenters. The van der Waals surface area contributed by atoms with E-state index in [2.05, 4.69) is 17.4 Å². The van der Waals surface area contributed by atoms with Gasteiger partial charge in [0.2, 0.25) is 5.91 Å². The van der Waals surface area contributed by atoms with Gasteiger partial charge in [-0.2, -0.15) is 0 Å². The molecule has 29 heavy (non-hydrogen) atoms. The number of amides is 1. The second kappa shape index (κ2) is 7.41. The third-order valence-corrected chi connectivity index (χ3v) is 7.08. The van der Waals surface area contributed by atoms with E-state index in [1.54, 1.807) is 22.8 Å². The molecule has 3 aromatic rings. The zero-order valence-electron chi connectivity index (χ0n) is 17.7. The SMILES string of the molecule is Cc1cc(C)c(NC(=O)C(C)n2c(C)nc3sc4c(c3c2=O)CCCC4)c(C)c1. The Kier molecular flexibility index (Phi) is 5.07. The van der Waals surface area contributed by atoms with Crippen LogP contribution in [0.3, 0.4) is 0 Å². The normalized spacial score (nSPS) is 14.7. The highest BCUT2D eigenvalue weighted by atomic mass is 32.1. The molecular weight excluding hydrogens is 382 g/mol. The van der Waals surface area contributed by atoms with Crippen LogP contribution in [-0.4, -0.2) is 15.5 Å². The van der Waals surface area contributed by atoms with Crippen LogP contribution >= 0.6 is 11.3 Å². The molecule has 4 rings (SSSR count). The number of rotatable bonds is 3. The summed E-state index contributed by atoms with van der Waals surface area (Å²) in [5.41, 5.74) is 5.09. The number of hydrogen-bond acceptors (Lipinski definition) is 4. The fourth-order valence-electron chi connectivity index (χ4n) is 4.50. The maximum atomic E-state index is 13.4. The van der Waals surface area contributed by atoms with Crippen LogP contribution in [0.5, 0.6) is 0 Å². The Morgan fingerprint density at radius 1 is 1.14 bits per heavy atom. The van der Waals surface area contributed by atoms with Gasteiger partial charge in [-0.05, 0) is 77.0 Å². The number of nitrogens with one attached hydrogen (secondary N) is 1. The highest BCUT2D eigenvalue weighted by Crippen LogP contribution is 2.34. The molecule has 1 unspecified atom stereocenters. The lowest BCUT2D eigenvalue weighted by atomic mass is 9.97. The number of benzene rings is 1. The van der Waals surface area contributed by atoms with Gasteiger partial charge in [0, 0.05) is 10.6 Å². The van der Waals surface area contributed by atoms with Crippen LogP contribution in [0.4, 0.5) is 5.69 Å². The van der Waals surface area contributed by atoms with Gasteiger partial charge in [0.15, 0.2) is 0 Å². The minimum absolute atomic E-state index is 0.0908. The van der Waals surface area contributed by atoms with Crippen LogP contribution < -0.4 is 10.9 Å². The monoisotopic (exact) mass is 409 g/mol. The van der Waals surface area contributed by atoms with Crippen molar-refractivity contribution >= 4 is 33.1 Å². The van der Waals surface area contributed by atoms with Crippen molar-refractivity contribution in [1.82, 2.24) is 9.55 Å². The molecule has 152 valence electrons. The summed E-state index contributed by atoms with van der Waals surface area (Å²) in [4.78, 5) is 33.3. The van der Waals surface area contributed by atoms with E-state index in [1.165, 1.54) is 11.3 Å². The molecule has 6 heteroatoms. The molecule has 1 aromatic carbocycles. The highest BCUT2D eigenvalue weighted by molar-refractivity contribution is 7.18. The molecule has 0 radical (unpaired) electrons. The third-order valence-electron chi connectivity index (χ3n) is 5.89. The van der Waals surface area contributed by atoms with Gasteiger partial charge in [-0.3, -0.25) is 14.2 Å². The Balaban J connectivity index is 1.74. The van der Waals surface area contributed by atoms with Crippen LogP contribution in [0.1, 0.15) is 58.8 Å². The van der Waals surface area contributed by atoms with Gasteiger partial charge in [-0.15, -0.1) is 11.3 Å². The molecular formula is C23H27N3O2S. The third kappa shape index (κ3) is 3.39. The van der Waals surface area contributed by atoms with Crippen molar-refractivity contribution < 1.29 is 4.79 Å². The molecule has 5 nitrogen and oxygen atoms in total. The van der Waals surface area contributed by atoms with Crippen LogP contribution in [0.2, 0.25) is 0 Å². The second-order valence-electron chi connectivity index (χ2n) is 8.16. The first-order chi connectivity index (χ1) is 13.8. The number of aryl methyl sites for hydroxylation is 6. The number of anilines is 1. The molecule has 0 saturated carbocycles. The minimum atomic E-state index is -0.640. The summed E-state index contributed by atoms with van der Waals surface area (Å²) in [5, 5.41) is 3.76. The first-order valence-corrected chi connectivity index (χ1v) is 11.0. The number of aromatic nitrogens is 2. The number of carbonyl (C=O) groups excluding carboxylic acids is 1. The van der Waals surface area contributed by atoms with Gasteiger partial charge in [-0.1, -0.05) is 17.7 Å². The Labute approximate surface area is 174 Å². The first-order valence-electron chi connectivity index (χ1n) is 10.2. The highest BCUT2D eigenvalue weighted by Gasteiger charge is 2.25. The molecule has 0 fully saturated rings. The average molecular weight is 410 g/mol. The largest absolute Gasteiger partial charge is 0.324 e. The molecule has 1 amide bonds. The van der Waals surface area contributed by atoms with Crippen molar-refractivity contribution in [2.24, 2.45) is 0 Å². The van der Waals surface area contributed by atoms with E-state index >= 15 is 0 Å². The maximum absolute atomic E-state index is 13.4. The summed E-state index contributed by atoms with van der Waals surface area (Å²) in [6.45, 7) is 9.60. The summed E-state index contributed by atoms with van der Waals surface area (Å²) in [7, 11) is 0. The smallest absolute Gasteiger partial charge is 0.263 e. The Morgan fingerprint density at radius 2 is 1.79 bits per heavy atom. The number of fused-ring (bicyclic) bond motifs is 3. The fraction of sp³-hybridized carbons (Fsp3) is 0.435. The van der Waals surface area contributed by atoms with E-state index in [1.807, 2.05) is 27.7 Å². The molecule has 0 bridgehead atoms. The van der Waals surface area contributed by atoms with E-state index in [4.69, 9.17) is 4.98 Å². The predicted molar refractivity (Wildman–Crippen MR) is 119 cm³/mol. The minimum Gasteiger partial charge on any atom is -0.324 e. The molecule has 0 spiro atoms. The van der Waals surface area contributed by atoms with Crippen molar-refractivity contribution in [3.8, 4) is 0 Å². The van der Waals surface area contributed by atoms with E-state index in [-0.39, 0.29) is 11.5 Å². The first kappa shape index (κ1) is 19.8. The number of thiophene rings is 1. The van der Waals surface area contributed by atoms with Crippen LogP contribution in [0.25, 0.3) is 10.2 Å². The van der Waals surface area contributed by atoms with Crippen LogP contribution in [-0.2, 0) is 17.6 Å². The quantitative estimate of drug-likeness (QED) is 0.678. The molecule has 2 heterocycles. The topological polar surface area (TPSA) is 64.0 Å². The van der Waals surface area contributed by atoms with Gasteiger partial charge in [0.05, 0.1) is 5.39 Å². The molecule has 1 N–H and O–H groups in total. The van der Waals surface area contributed by atoms with E-state index < -0.39 is 6.04 Å². The lowest BCUT2D eigenvalue weighted by Crippen LogP contribution is -2.34. The molecule has 2 aromatic heterocycles. The van der Waals surface area contributed by atoms with Gasteiger partial charge in [-0.25, -0.2) is 4.98 Å². The summed E-state index contributed by atoms with van der Waals surface area (Å²) in [5.74, 6) is 0.386. The Bertz CT molecular complexity index is 1170.